The number of halogens is 3. The second kappa shape index (κ2) is 10.0. The SMILES string of the molecule is FC(F)(F)c1ccccc1CNCC1NCCc2ccccc21.O=C(O)C(=O)O. The summed E-state index contributed by atoms with van der Waals surface area (Å²) in [5.74, 6) is -3.65. The molecule has 3 rings (SSSR count). The van der Waals surface area contributed by atoms with Gasteiger partial charge in [0.2, 0.25) is 0 Å². The molecule has 0 aliphatic carbocycles. The molecule has 6 nitrogen and oxygen atoms in total. The van der Waals surface area contributed by atoms with Gasteiger partial charge in [-0.3, -0.25) is 0 Å². The third-order valence-corrected chi connectivity index (χ3v) is 4.39. The lowest BCUT2D eigenvalue weighted by molar-refractivity contribution is -0.159. The van der Waals surface area contributed by atoms with E-state index in [9.17, 15) is 13.2 Å². The van der Waals surface area contributed by atoms with Gasteiger partial charge in [0.1, 0.15) is 0 Å². The van der Waals surface area contributed by atoms with Gasteiger partial charge in [-0.2, -0.15) is 13.2 Å². The number of carbonyl (C=O) groups is 2. The molecular weight excluding hydrogens is 389 g/mol. The molecule has 0 spiro atoms. The monoisotopic (exact) mass is 410 g/mol. The number of aliphatic carboxylic acids is 2. The molecule has 0 saturated heterocycles. The molecule has 1 unspecified atom stereocenters. The lowest BCUT2D eigenvalue weighted by Gasteiger charge is -2.27. The van der Waals surface area contributed by atoms with Crippen LogP contribution in [0.4, 0.5) is 13.2 Å². The van der Waals surface area contributed by atoms with Crippen LogP contribution in [-0.2, 0) is 28.7 Å². The first-order valence-corrected chi connectivity index (χ1v) is 8.83. The molecule has 4 N–H and O–H groups in total. The van der Waals surface area contributed by atoms with Crippen molar-refractivity contribution in [1.82, 2.24) is 10.6 Å². The van der Waals surface area contributed by atoms with Crippen molar-refractivity contribution >= 4 is 11.9 Å². The predicted octanol–water partition coefficient (Wildman–Crippen LogP) is 2.84. The molecule has 9 heteroatoms. The summed E-state index contributed by atoms with van der Waals surface area (Å²) in [5, 5.41) is 21.4. The Balaban J connectivity index is 0.000000438. The maximum absolute atomic E-state index is 13.0. The van der Waals surface area contributed by atoms with Gasteiger partial charge < -0.3 is 20.8 Å². The number of hydrogen-bond donors (Lipinski definition) is 4. The van der Waals surface area contributed by atoms with Crippen LogP contribution >= 0.6 is 0 Å². The van der Waals surface area contributed by atoms with E-state index < -0.39 is 23.7 Å². The van der Waals surface area contributed by atoms with Crippen LogP contribution in [0.1, 0.15) is 28.3 Å². The highest BCUT2D eigenvalue weighted by Gasteiger charge is 2.32. The summed E-state index contributed by atoms with van der Waals surface area (Å²) >= 11 is 0. The van der Waals surface area contributed by atoms with Crippen LogP contribution in [0.5, 0.6) is 0 Å². The third kappa shape index (κ3) is 6.58. The number of benzene rings is 2. The molecule has 0 amide bonds. The summed E-state index contributed by atoms with van der Waals surface area (Å²) in [6.07, 6.45) is -3.32. The van der Waals surface area contributed by atoms with E-state index in [0.29, 0.717) is 6.54 Å². The number of fused-ring (bicyclic) bond motifs is 1. The Morgan fingerprint density at radius 3 is 2.31 bits per heavy atom. The molecule has 1 aliphatic rings. The van der Waals surface area contributed by atoms with Crippen LogP contribution in [0.2, 0.25) is 0 Å². The molecule has 1 aliphatic heterocycles. The standard InChI is InChI=1S/C18H19F3N2.C2H2O4/c19-18(20,21)16-8-4-2-6-14(16)11-22-12-17-15-7-3-1-5-13(15)9-10-23-17;3-1(4)2(5)6/h1-8,17,22-23H,9-12H2;(H,3,4)(H,5,6). The minimum Gasteiger partial charge on any atom is -0.473 e. The Kier molecular flexibility index (Phi) is 7.74. The van der Waals surface area contributed by atoms with Gasteiger partial charge in [-0.15, -0.1) is 0 Å². The fourth-order valence-electron chi connectivity index (χ4n) is 3.08. The largest absolute Gasteiger partial charge is 0.473 e. The minimum atomic E-state index is -4.31. The van der Waals surface area contributed by atoms with Gasteiger partial charge in [-0.1, -0.05) is 42.5 Å². The quantitative estimate of drug-likeness (QED) is 0.579. The number of carboxylic acids is 2. The summed E-state index contributed by atoms with van der Waals surface area (Å²) in [4.78, 5) is 18.2. The summed E-state index contributed by atoms with van der Waals surface area (Å²) in [6, 6.07) is 14.1. The van der Waals surface area contributed by atoms with E-state index in [2.05, 4.69) is 22.8 Å². The van der Waals surface area contributed by atoms with Crippen molar-refractivity contribution in [3.63, 3.8) is 0 Å². The first kappa shape index (κ1) is 22.4. The number of rotatable bonds is 4. The van der Waals surface area contributed by atoms with E-state index in [1.165, 1.54) is 23.3 Å². The molecule has 0 aromatic heterocycles. The van der Waals surface area contributed by atoms with Crippen LogP contribution in [-0.4, -0.2) is 35.2 Å². The van der Waals surface area contributed by atoms with Crippen LogP contribution in [0.3, 0.4) is 0 Å². The van der Waals surface area contributed by atoms with Gasteiger partial charge >= 0.3 is 18.1 Å². The lowest BCUT2D eigenvalue weighted by atomic mass is 9.94. The van der Waals surface area contributed by atoms with E-state index in [4.69, 9.17) is 19.8 Å². The Morgan fingerprint density at radius 2 is 1.66 bits per heavy atom. The highest BCUT2D eigenvalue weighted by atomic mass is 19.4. The number of hydrogen-bond acceptors (Lipinski definition) is 4. The molecule has 156 valence electrons. The van der Waals surface area contributed by atoms with Crippen LogP contribution in [0.25, 0.3) is 0 Å². The van der Waals surface area contributed by atoms with Crippen molar-refractivity contribution in [2.24, 2.45) is 0 Å². The molecular formula is C20H21F3N2O4. The van der Waals surface area contributed by atoms with E-state index in [-0.39, 0.29) is 18.2 Å². The fourth-order valence-corrected chi connectivity index (χ4v) is 3.08. The highest BCUT2D eigenvalue weighted by Crippen LogP contribution is 2.31. The van der Waals surface area contributed by atoms with Crippen molar-refractivity contribution in [2.45, 2.75) is 25.2 Å². The van der Waals surface area contributed by atoms with Gasteiger partial charge in [0.15, 0.2) is 0 Å². The first-order chi connectivity index (χ1) is 13.7. The van der Waals surface area contributed by atoms with Gasteiger partial charge in [0.05, 0.1) is 5.56 Å². The first-order valence-electron chi connectivity index (χ1n) is 8.83. The minimum absolute atomic E-state index is 0.137. The maximum Gasteiger partial charge on any atom is 0.416 e. The third-order valence-electron chi connectivity index (χ3n) is 4.39. The van der Waals surface area contributed by atoms with Crippen molar-refractivity contribution in [3.05, 3.63) is 70.8 Å². The van der Waals surface area contributed by atoms with E-state index in [1.807, 2.05) is 12.1 Å². The van der Waals surface area contributed by atoms with E-state index in [1.54, 1.807) is 6.07 Å². The molecule has 29 heavy (non-hydrogen) atoms. The Labute approximate surface area is 165 Å². The maximum atomic E-state index is 13.0. The molecule has 0 bridgehead atoms. The number of carboxylic acid groups (broad SMARTS) is 2. The van der Waals surface area contributed by atoms with E-state index in [0.717, 1.165) is 19.0 Å². The van der Waals surface area contributed by atoms with Crippen molar-refractivity contribution in [1.29, 1.82) is 0 Å². The van der Waals surface area contributed by atoms with Gasteiger partial charge in [0, 0.05) is 19.1 Å². The Bertz CT molecular complexity index is 844. The smallest absolute Gasteiger partial charge is 0.416 e. The van der Waals surface area contributed by atoms with Crippen molar-refractivity contribution in [2.75, 3.05) is 13.1 Å². The molecule has 1 atom stereocenters. The Hall–Kier alpha value is -2.91. The topological polar surface area (TPSA) is 98.7 Å². The van der Waals surface area contributed by atoms with Crippen LogP contribution in [0, 0.1) is 0 Å². The van der Waals surface area contributed by atoms with Gasteiger partial charge in [-0.05, 0) is 35.7 Å². The summed E-state index contributed by atoms with van der Waals surface area (Å²) < 4.78 is 39.0. The molecule has 2 aromatic rings. The summed E-state index contributed by atoms with van der Waals surface area (Å²) in [5.41, 5.74) is 2.26. The second-order valence-corrected chi connectivity index (χ2v) is 6.35. The molecule has 1 heterocycles. The molecule has 0 radical (unpaired) electrons. The van der Waals surface area contributed by atoms with Crippen molar-refractivity contribution in [3.8, 4) is 0 Å². The zero-order chi connectivity index (χ0) is 21.4. The van der Waals surface area contributed by atoms with Crippen LogP contribution in [0.15, 0.2) is 48.5 Å². The van der Waals surface area contributed by atoms with Gasteiger partial charge in [0.25, 0.3) is 0 Å². The highest BCUT2D eigenvalue weighted by molar-refractivity contribution is 6.27. The van der Waals surface area contributed by atoms with Crippen LogP contribution < -0.4 is 10.6 Å². The normalized spacial score (nSPS) is 15.6. The second-order valence-electron chi connectivity index (χ2n) is 6.35. The summed E-state index contributed by atoms with van der Waals surface area (Å²) in [7, 11) is 0. The molecule has 0 fully saturated rings. The summed E-state index contributed by atoms with van der Waals surface area (Å²) in [6.45, 7) is 1.70. The Morgan fingerprint density at radius 1 is 1.03 bits per heavy atom. The zero-order valence-corrected chi connectivity index (χ0v) is 15.4. The zero-order valence-electron chi connectivity index (χ0n) is 15.4. The van der Waals surface area contributed by atoms with Gasteiger partial charge in [-0.25, -0.2) is 9.59 Å². The lowest BCUT2D eigenvalue weighted by Crippen LogP contribution is -2.36. The fraction of sp³-hybridized carbons (Fsp3) is 0.300. The number of alkyl halides is 3. The number of nitrogens with one attached hydrogen (secondary N) is 2. The van der Waals surface area contributed by atoms with E-state index >= 15 is 0 Å². The molecule has 0 saturated carbocycles. The average Bonchev–Trinajstić information content (AvgIpc) is 2.68. The predicted molar refractivity (Wildman–Crippen MR) is 99.3 cm³/mol. The molecule has 2 aromatic carbocycles. The average molecular weight is 410 g/mol. The van der Waals surface area contributed by atoms with Crippen molar-refractivity contribution < 1.29 is 33.0 Å².